The first-order valence-corrected chi connectivity index (χ1v) is 7.04. The van der Waals surface area contributed by atoms with Gasteiger partial charge < -0.3 is 15.4 Å². The number of methoxy groups -OCH3 is 1. The van der Waals surface area contributed by atoms with Gasteiger partial charge in [0.15, 0.2) is 0 Å². The van der Waals surface area contributed by atoms with Crippen molar-refractivity contribution in [3.63, 3.8) is 0 Å². The molecular formula is C14H28N2O2. The van der Waals surface area contributed by atoms with Gasteiger partial charge in [-0.1, -0.05) is 13.8 Å². The molecule has 0 heterocycles. The summed E-state index contributed by atoms with van der Waals surface area (Å²) in [6.45, 7) is 7.51. The first kappa shape index (κ1) is 15.4. The predicted molar refractivity (Wildman–Crippen MR) is 73.5 cm³/mol. The van der Waals surface area contributed by atoms with Crippen LogP contribution < -0.4 is 10.6 Å². The number of hydrogen-bond acceptors (Lipinski definition) is 3. The van der Waals surface area contributed by atoms with E-state index in [-0.39, 0.29) is 11.9 Å². The van der Waals surface area contributed by atoms with Crippen LogP contribution in [0.3, 0.4) is 0 Å². The minimum Gasteiger partial charge on any atom is -0.383 e. The summed E-state index contributed by atoms with van der Waals surface area (Å²) >= 11 is 0. The van der Waals surface area contributed by atoms with Crippen LogP contribution in [0.1, 0.15) is 40.0 Å². The molecule has 4 heteroatoms. The molecule has 0 radical (unpaired) electrons. The van der Waals surface area contributed by atoms with Crippen LogP contribution in [0.25, 0.3) is 0 Å². The number of amides is 1. The Balaban J connectivity index is 2.21. The van der Waals surface area contributed by atoms with E-state index in [4.69, 9.17) is 4.74 Å². The topological polar surface area (TPSA) is 50.4 Å². The molecule has 0 saturated heterocycles. The van der Waals surface area contributed by atoms with Crippen LogP contribution in [-0.2, 0) is 9.53 Å². The summed E-state index contributed by atoms with van der Waals surface area (Å²) in [6, 6.07) is 0.567. The Kier molecular flexibility index (Phi) is 6.65. The van der Waals surface area contributed by atoms with Crippen LogP contribution in [0, 0.1) is 11.8 Å². The summed E-state index contributed by atoms with van der Waals surface area (Å²) in [5.41, 5.74) is 0. The largest absolute Gasteiger partial charge is 0.383 e. The molecule has 1 saturated carbocycles. The maximum atomic E-state index is 11.7. The van der Waals surface area contributed by atoms with Crippen LogP contribution in [-0.4, -0.2) is 38.3 Å². The zero-order valence-electron chi connectivity index (χ0n) is 12.2. The van der Waals surface area contributed by atoms with Gasteiger partial charge in [0.25, 0.3) is 0 Å². The summed E-state index contributed by atoms with van der Waals surface area (Å²) in [6.07, 6.45) is 3.71. The summed E-state index contributed by atoms with van der Waals surface area (Å²) in [7, 11) is 1.64. The molecule has 18 heavy (non-hydrogen) atoms. The van der Waals surface area contributed by atoms with E-state index in [0.717, 1.165) is 5.92 Å². The average molecular weight is 256 g/mol. The van der Waals surface area contributed by atoms with Gasteiger partial charge in [-0.15, -0.1) is 0 Å². The molecule has 1 rings (SSSR count). The fourth-order valence-corrected chi connectivity index (χ4v) is 2.81. The monoisotopic (exact) mass is 256 g/mol. The molecule has 1 aliphatic rings. The van der Waals surface area contributed by atoms with Gasteiger partial charge in [0, 0.05) is 19.2 Å². The van der Waals surface area contributed by atoms with Crippen molar-refractivity contribution in [2.45, 2.75) is 52.1 Å². The Morgan fingerprint density at radius 2 is 2.11 bits per heavy atom. The number of carbonyl (C=O) groups excluding carboxylic acids is 1. The lowest BCUT2D eigenvalue weighted by atomic mass is 9.80. The number of ether oxygens (including phenoxy) is 1. The lowest BCUT2D eigenvalue weighted by Crippen LogP contribution is -2.46. The van der Waals surface area contributed by atoms with E-state index < -0.39 is 0 Å². The summed E-state index contributed by atoms with van der Waals surface area (Å²) in [4.78, 5) is 11.7. The van der Waals surface area contributed by atoms with Gasteiger partial charge in [-0.25, -0.2) is 0 Å². The highest BCUT2D eigenvalue weighted by Crippen LogP contribution is 2.28. The highest BCUT2D eigenvalue weighted by atomic mass is 16.5. The molecule has 4 unspecified atom stereocenters. The second-order valence-corrected chi connectivity index (χ2v) is 5.81. The molecule has 0 aromatic rings. The molecule has 2 N–H and O–H groups in total. The van der Waals surface area contributed by atoms with Crippen molar-refractivity contribution in [2.24, 2.45) is 11.8 Å². The molecule has 0 aromatic heterocycles. The van der Waals surface area contributed by atoms with Crippen molar-refractivity contribution in [1.29, 1.82) is 0 Å². The average Bonchev–Trinajstić information content (AvgIpc) is 2.28. The summed E-state index contributed by atoms with van der Waals surface area (Å²) in [5, 5.41) is 6.30. The highest BCUT2D eigenvalue weighted by Gasteiger charge is 2.25. The normalized spacial score (nSPS) is 29.9. The van der Waals surface area contributed by atoms with E-state index >= 15 is 0 Å². The quantitative estimate of drug-likeness (QED) is 0.758. The zero-order valence-corrected chi connectivity index (χ0v) is 12.2. The Labute approximate surface area is 111 Å². The lowest BCUT2D eigenvalue weighted by molar-refractivity contribution is -0.121. The minimum absolute atomic E-state index is 0.0605. The molecular weight excluding hydrogens is 228 g/mol. The third-order valence-corrected chi connectivity index (χ3v) is 3.78. The van der Waals surface area contributed by atoms with Gasteiger partial charge in [-0.05, 0) is 38.0 Å². The van der Waals surface area contributed by atoms with E-state index in [0.29, 0.717) is 25.1 Å². The van der Waals surface area contributed by atoms with Crippen LogP contribution in [0.15, 0.2) is 0 Å². The fourth-order valence-electron chi connectivity index (χ4n) is 2.81. The van der Waals surface area contributed by atoms with E-state index in [9.17, 15) is 4.79 Å². The molecule has 0 bridgehead atoms. The van der Waals surface area contributed by atoms with Crippen molar-refractivity contribution in [3.05, 3.63) is 0 Å². The van der Waals surface area contributed by atoms with Crippen LogP contribution >= 0.6 is 0 Å². The Morgan fingerprint density at radius 3 is 2.72 bits per heavy atom. The standard InChI is InChI=1S/C14H28N2O2/c1-10-5-6-13(11(2)7-10)15-8-14(17)16-12(3)9-18-4/h10-13,15H,5-9H2,1-4H3,(H,16,17). The number of rotatable bonds is 6. The molecule has 1 amide bonds. The van der Waals surface area contributed by atoms with Crippen LogP contribution in [0.2, 0.25) is 0 Å². The van der Waals surface area contributed by atoms with Crippen molar-refractivity contribution in [1.82, 2.24) is 10.6 Å². The highest BCUT2D eigenvalue weighted by molar-refractivity contribution is 5.78. The van der Waals surface area contributed by atoms with E-state index in [1.165, 1.54) is 19.3 Å². The first-order valence-electron chi connectivity index (χ1n) is 7.04. The second-order valence-electron chi connectivity index (χ2n) is 5.81. The van der Waals surface area contributed by atoms with Crippen LogP contribution in [0.5, 0.6) is 0 Å². The maximum Gasteiger partial charge on any atom is 0.234 e. The van der Waals surface area contributed by atoms with Gasteiger partial charge in [0.2, 0.25) is 5.91 Å². The van der Waals surface area contributed by atoms with E-state index in [2.05, 4.69) is 24.5 Å². The number of nitrogens with one attached hydrogen (secondary N) is 2. The van der Waals surface area contributed by atoms with Crippen molar-refractivity contribution >= 4 is 5.91 Å². The SMILES string of the molecule is COCC(C)NC(=O)CNC1CCC(C)CC1C. The predicted octanol–water partition coefficient (Wildman–Crippen LogP) is 1.55. The Bertz CT molecular complexity index is 258. The van der Waals surface area contributed by atoms with Crippen LogP contribution in [0.4, 0.5) is 0 Å². The van der Waals surface area contributed by atoms with Crippen molar-refractivity contribution < 1.29 is 9.53 Å². The maximum absolute atomic E-state index is 11.7. The third kappa shape index (κ3) is 5.36. The molecule has 0 aliphatic heterocycles. The van der Waals surface area contributed by atoms with E-state index in [1.54, 1.807) is 7.11 Å². The molecule has 1 fully saturated rings. The molecule has 0 aromatic carbocycles. The molecule has 106 valence electrons. The van der Waals surface area contributed by atoms with Gasteiger partial charge >= 0.3 is 0 Å². The van der Waals surface area contributed by atoms with Gasteiger partial charge in [-0.2, -0.15) is 0 Å². The summed E-state index contributed by atoms with van der Waals surface area (Å²) < 4.78 is 4.99. The van der Waals surface area contributed by atoms with E-state index in [1.807, 2.05) is 6.92 Å². The van der Waals surface area contributed by atoms with Crippen molar-refractivity contribution in [3.8, 4) is 0 Å². The molecule has 4 nitrogen and oxygen atoms in total. The van der Waals surface area contributed by atoms with Gasteiger partial charge in [0.1, 0.15) is 0 Å². The molecule has 4 atom stereocenters. The smallest absolute Gasteiger partial charge is 0.234 e. The lowest BCUT2D eigenvalue weighted by Gasteiger charge is -2.33. The first-order chi connectivity index (χ1) is 8.52. The third-order valence-electron chi connectivity index (χ3n) is 3.78. The zero-order chi connectivity index (χ0) is 13.5. The van der Waals surface area contributed by atoms with Gasteiger partial charge in [0.05, 0.1) is 13.2 Å². The minimum atomic E-state index is 0.0605. The Hall–Kier alpha value is -0.610. The summed E-state index contributed by atoms with van der Waals surface area (Å²) in [5.74, 6) is 1.55. The Morgan fingerprint density at radius 1 is 1.39 bits per heavy atom. The second kappa shape index (κ2) is 7.74. The van der Waals surface area contributed by atoms with Gasteiger partial charge in [-0.3, -0.25) is 4.79 Å². The molecule has 0 spiro atoms. The van der Waals surface area contributed by atoms with Crippen molar-refractivity contribution in [2.75, 3.05) is 20.3 Å². The molecule has 1 aliphatic carbocycles. The number of hydrogen-bond donors (Lipinski definition) is 2. The number of carbonyl (C=O) groups is 1. The fraction of sp³-hybridized carbons (Fsp3) is 0.929.